The summed E-state index contributed by atoms with van der Waals surface area (Å²) in [5, 5.41) is 30.8. The molecule has 190 valence electrons. The van der Waals surface area contributed by atoms with Gasteiger partial charge in [-0.05, 0) is 42.0 Å². The minimum absolute atomic E-state index is 0.00653. The van der Waals surface area contributed by atoms with Crippen molar-refractivity contribution in [3.63, 3.8) is 0 Å². The molecule has 4 amide bonds. The number of nitrogens with one attached hydrogen (secondary N) is 1. The first-order valence-electron chi connectivity index (χ1n) is 11.9. The first-order chi connectivity index (χ1) is 17.0. The molecule has 12 nitrogen and oxygen atoms in total. The monoisotopic (exact) mass is 496 g/mol. The number of nitrogens with zero attached hydrogens (tertiary/aromatic N) is 5. The van der Waals surface area contributed by atoms with E-state index in [0.717, 1.165) is 0 Å². The van der Waals surface area contributed by atoms with Gasteiger partial charge in [-0.1, -0.05) is 19.1 Å². The van der Waals surface area contributed by atoms with Gasteiger partial charge in [0.25, 0.3) is 11.8 Å². The fraction of sp³-hybridized carbons (Fsp3) is 0.500. The highest BCUT2D eigenvalue weighted by Crippen LogP contribution is 2.30. The number of aliphatic hydroxyl groups excluding tert-OH is 2. The van der Waals surface area contributed by atoms with E-state index < -0.39 is 30.1 Å². The van der Waals surface area contributed by atoms with Crippen molar-refractivity contribution in [3.05, 3.63) is 41.2 Å². The van der Waals surface area contributed by atoms with Gasteiger partial charge in [0.1, 0.15) is 6.04 Å². The second-order valence-electron chi connectivity index (χ2n) is 10.5. The Morgan fingerprint density at radius 2 is 1.94 bits per heavy atom. The molecule has 3 aliphatic heterocycles. The third kappa shape index (κ3) is 4.37. The van der Waals surface area contributed by atoms with Crippen molar-refractivity contribution in [2.45, 2.75) is 57.9 Å². The number of fused-ring (bicyclic) bond motifs is 1. The normalized spacial score (nSPS) is 26.0. The summed E-state index contributed by atoms with van der Waals surface area (Å²) in [6.45, 7) is 4.42. The number of aliphatic hydroxyl groups is 2. The quantitative estimate of drug-likeness (QED) is 0.485. The third-order valence-corrected chi connectivity index (χ3v) is 7.00. The minimum atomic E-state index is -1.05. The van der Waals surface area contributed by atoms with Gasteiger partial charge in [-0.25, -0.2) is 4.68 Å². The number of imide groups is 1. The predicted molar refractivity (Wildman–Crippen MR) is 124 cm³/mol. The lowest BCUT2D eigenvalue weighted by atomic mass is 9.86. The van der Waals surface area contributed by atoms with Crippen molar-refractivity contribution in [1.29, 1.82) is 0 Å². The molecule has 1 aromatic carbocycles. The highest BCUT2D eigenvalue weighted by molar-refractivity contribution is 6.05. The molecule has 36 heavy (non-hydrogen) atoms. The van der Waals surface area contributed by atoms with E-state index in [9.17, 15) is 29.4 Å². The summed E-state index contributed by atoms with van der Waals surface area (Å²) in [6, 6.07) is 4.39. The molecular formula is C24H28N6O6. The number of likely N-dealkylation sites (tertiary alicyclic amines) is 1. The van der Waals surface area contributed by atoms with Crippen LogP contribution < -0.4 is 5.32 Å². The van der Waals surface area contributed by atoms with Crippen LogP contribution in [0.3, 0.4) is 0 Å². The summed E-state index contributed by atoms with van der Waals surface area (Å²) in [5.74, 6) is -1.48. The first kappa shape index (κ1) is 24.1. The lowest BCUT2D eigenvalue weighted by molar-refractivity contribution is -0.136. The molecule has 1 aromatic heterocycles. The van der Waals surface area contributed by atoms with E-state index in [1.165, 1.54) is 20.7 Å². The molecule has 0 aliphatic carbocycles. The van der Waals surface area contributed by atoms with Crippen LogP contribution in [-0.2, 0) is 16.1 Å². The molecule has 2 aromatic rings. The van der Waals surface area contributed by atoms with Crippen molar-refractivity contribution in [3.8, 4) is 5.69 Å². The van der Waals surface area contributed by atoms with Crippen molar-refractivity contribution in [2.24, 2.45) is 5.41 Å². The van der Waals surface area contributed by atoms with Crippen LogP contribution in [0.5, 0.6) is 0 Å². The molecule has 3 N–H and O–H groups in total. The Morgan fingerprint density at radius 1 is 1.17 bits per heavy atom. The molecule has 3 aliphatic rings. The number of amides is 4. The average Bonchev–Trinajstić information content (AvgIpc) is 3.40. The highest BCUT2D eigenvalue weighted by atomic mass is 16.3. The first-order valence-corrected chi connectivity index (χ1v) is 11.9. The minimum Gasteiger partial charge on any atom is -0.390 e. The molecular weight excluding hydrogens is 468 g/mol. The molecule has 0 saturated carbocycles. The number of carbonyl (C=O) groups is 4. The Hall–Kier alpha value is -3.64. The molecule has 0 spiro atoms. The summed E-state index contributed by atoms with van der Waals surface area (Å²) >= 11 is 0. The Balaban J connectivity index is 1.34. The topological polar surface area (TPSA) is 158 Å². The SMILES string of the molecule is CC1(C)C[C@@H](O)[C@@H](O)CN(C(=O)c2cn(-c3ccc4c(c3)CN(C3CCC(=O)NC3=O)C4=O)nn2)C1. The lowest BCUT2D eigenvalue weighted by Gasteiger charge is -2.29. The number of rotatable bonds is 3. The molecule has 2 fully saturated rings. The van der Waals surface area contributed by atoms with Crippen LogP contribution in [0, 0.1) is 5.41 Å². The van der Waals surface area contributed by atoms with Crippen LogP contribution in [0.25, 0.3) is 5.69 Å². The standard InChI is InChI=1S/C24H28N6O6/c1-24(2)8-18(31)19(32)11-28(12-24)23(36)16-10-30(27-26-16)14-3-4-15-13(7-14)9-29(22(15)35)17-5-6-20(33)25-21(17)34/h3-4,7,10,17-19,31-32H,5-6,8-9,11-12H2,1-2H3,(H,25,33,34)/t17?,18-,19+/m1/s1. The van der Waals surface area contributed by atoms with Crippen LogP contribution in [-0.4, -0.2) is 90.0 Å². The van der Waals surface area contributed by atoms with Crippen LogP contribution in [0.15, 0.2) is 24.4 Å². The van der Waals surface area contributed by atoms with Gasteiger partial charge in [0, 0.05) is 31.6 Å². The van der Waals surface area contributed by atoms with E-state index in [-0.39, 0.29) is 48.9 Å². The Labute approximate surface area is 206 Å². The lowest BCUT2D eigenvalue weighted by Crippen LogP contribution is -2.52. The summed E-state index contributed by atoms with van der Waals surface area (Å²) in [6.07, 6.45) is 0.357. The molecule has 1 unspecified atom stereocenters. The van der Waals surface area contributed by atoms with Crippen LogP contribution in [0.2, 0.25) is 0 Å². The third-order valence-electron chi connectivity index (χ3n) is 7.00. The molecule has 12 heteroatoms. The number of benzene rings is 1. The zero-order valence-corrected chi connectivity index (χ0v) is 20.0. The van der Waals surface area contributed by atoms with E-state index in [4.69, 9.17) is 0 Å². The Kier molecular flexibility index (Phi) is 5.87. The summed E-state index contributed by atoms with van der Waals surface area (Å²) in [5.41, 5.74) is 1.47. The van der Waals surface area contributed by atoms with Gasteiger partial charge < -0.3 is 20.0 Å². The van der Waals surface area contributed by atoms with Gasteiger partial charge in [-0.15, -0.1) is 5.10 Å². The Morgan fingerprint density at radius 3 is 2.69 bits per heavy atom. The number of hydrogen-bond acceptors (Lipinski definition) is 8. The maximum Gasteiger partial charge on any atom is 0.276 e. The largest absolute Gasteiger partial charge is 0.390 e. The van der Waals surface area contributed by atoms with Crippen molar-refractivity contribution in [2.75, 3.05) is 13.1 Å². The van der Waals surface area contributed by atoms with E-state index in [1.807, 2.05) is 13.8 Å². The zero-order valence-electron chi connectivity index (χ0n) is 20.0. The van der Waals surface area contributed by atoms with E-state index in [0.29, 0.717) is 29.8 Å². The van der Waals surface area contributed by atoms with Gasteiger partial charge in [0.2, 0.25) is 11.8 Å². The fourth-order valence-electron chi connectivity index (χ4n) is 5.20. The summed E-state index contributed by atoms with van der Waals surface area (Å²) in [7, 11) is 0. The second-order valence-corrected chi connectivity index (χ2v) is 10.5. The van der Waals surface area contributed by atoms with Crippen molar-refractivity contribution >= 4 is 23.6 Å². The summed E-state index contributed by atoms with van der Waals surface area (Å²) in [4.78, 5) is 52.7. The Bertz CT molecular complexity index is 1260. The second kappa shape index (κ2) is 8.79. The number of carbonyl (C=O) groups excluding carboxylic acids is 4. The van der Waals surface area contributed by atoms with Gasteiger partial charge in [-0.3, -0.25) is 24.5 Å². The van der Waals surface area contributed by atoms with E-state index in [1.54, 1.807) is 18.2 Å². The smallest absolute Gasteiger partial charge is 0.276 e. The van der Waals surface area contributed by atoms with Crippen LogP contribution in [0.1, 0.15) is 59.5 Å². The molecule has 3 atom stereocenters. The molecule has 2 saturated heterocycles. The highest BCUT2D eigenvalue weighted by Gasteiger charge is 2.39. The predicted octanol–water partition coefficient (Wildman–Crippen LogP) is -0.378. The van der Waals surface area contributed by atoms with Gasteiger partial charge >= 0.3 is 0 Å². The molecule has 4 heterocycles. The maximum absolute atomic E-state index is 13.1. The number of aromatic nitrogens is 3. The average molecular weight is 497 g/mol. The maximum atomic E-state index is 13.1. The van der Waals surface area contributed by atoms with Gasteiger partial charge in [0.05, 0.1) is 24.1 Å². The number of hydrogen-bond donors (Lipinski definition) is 3. The molecule has 0 bridgehead atoms. The zero-order chi connectivity index (χ0) is 25.8. The van der Waals surface area contributed by atoms with Crippen molar-refractivity contribution in [1.82, 2.24) is 30.1 Å². The summed E-state index contributed by atoms with van der Waals surface area (Å²) < 4.78 is 1.43. The number of piperidine rings is 1. The molecule has 0 radical (unpaired) electrons. The number of β-amino-alcohol motifs (C(OH)–C–C–N with tert-alkyl or cyclic N) is 1. The van der Waals surface area contributed by atoms with Crippen molar-refractivity contribution < 1.29 is 29.4 Å². The van der Waals surface area contributed by atoms with Crippen LogP contribution in [0.4, 0.5) is 0 Å². The molecule has 5 rings (SSSR count). The van der Waals surface area contributed by atoms with E-state index in [2.05, 4.69) is 15.6 Å². The van der Waals surface area contributed by atoms with Crippen LogP contribution >= 0.6 is 0 Å². The van der Waals surface area contributed by atoms with Gasteiger partial charge in [0.15, 0.2) is 5.69 Å². The van der Waals surface area contributed by atoms with Gasteiger partial charge in [-0.2, -0.15) is 0 Å². The fourth-order valence-corrected chi connectivity index (χ4v) is 5.20. The van der Waals surface area contributed by atoms with E-state index >= 15 is 0 Å².